The molecule has 0 saturated carbocycles. The third-order valence-electron chi connectivity index (χ3n) is 4.31. The summed E-state index contributed by atoms with van der Waals surface area (Å²) in [6, 6.07) is 3.82. The highest BCUT2D eigenvalue weighted by Crippen LogP contribution is 2.39. The van der Waals surface area contributed by atoms with E-state index in [1.54, 1.807) is 6.92 Å². The highest BCUT2D eigenvalue weighted by molar-refractivity contribution is 7.14. The minimum absolute atomic E-state index is 0.196. The number of nitrogens with two attached hydrogens (primary N) is 1. The zero-order valence-electron chi connectivity index (χ0n) is 17.2. The summed E-state index contributed by atoms with van der Waals surface area (Å²) in [5, 5.41) is 17.8. The average molecular weight is 448 g/mol. The van der Waals surface area contributed by atoms with Gasteiger partial charge < -0.3 is 20.3 Å². The zero-order valence-corrected chi connectivity index (χ0v) is 18.0. The predicted octanol–water partition coefficient (Wildman–Crippen LogP) is 4.37. The van der Waals surface area contributed by atoms with Gasteiger partial charge in [-0.25, -0.2) is 0 Å². The van der Waals surface area contributed by atoms with Crippen molar-refractivity contribution in [3.05, 3.63) is 28.8 Å². The Morgan fingerprint density at radius 3 is 2.50 bits per heavy atom. The van der Waals surface area contributed by atoms with Crippen molar-refractivity contribution < 1.29 is 27.8 Å². The number of nitrogens with zero attached hydrogens (tertiary/aromatic N) is 2. The second kappa shape index (κ2) is 11.0. The van der Waals surface area contributed by atoms with Crippen molar-refractivity contribution in [3.8, 4) is 16.3 Å². The first kappa shape index (κ1) is 24.5. The quantitative estimate of drug-likeness (QED) is 0.470. The van der Waals surface area contributed by atoms with Gasteiger partial charge in [0.05, 0.1) is 24.3 Å². The van der Waals surface area contributed by atoms with Gasteiger partial charge in [-0.1, -0.05) is 18.3 Å². The largest absolute Gasteiger partial charge is 0.493 e. The summed E-state index contributed by atoms with van der Waals surface area (Å²) in [5.74, 6) is -0.211. The number of aromatic nitrogens is 2. The summed E-state index contributed by atoms with van der Waals surface area (Å²) in [6.07, 6.45) is -1.29. The van der Waals surface area contributed by atoms with Crippen LogP contribution in [-0.2, 0) is 16.5 Å². The fourth-order valence-electron chi connectivity index (χ4n) is 2.56. The van der Waals surface area contributed by atoms with E-state index in [2.05, 4.69) is 10.2 Å². The van der Waals surface area contributed by atoms with E-state index in [9.17, 15) is 18.3 Å². The highest BCUT2D eigenvalue weighted by Gasteiger charge is 2.35. The number of halogens is 3. The number of aliphatic hydroxyl groups is 1. The third-order valence-corrected chi connectivity index (χ3v) is 5.56. The fourth-order valence-corrected chi connectivity index (χ4v) is 3.45. The molecule has 1 heterocycles. The molecule has 30 heavy (non-hydrogen) atoms. The van der Waals surface area contributed by atoms with E-state index in [4.69, 9.17) is 15.2 Å². The van der Waals surface area contributed by atoms with E-state index in [1.807, 2.05) is 6.92 Å². The van der Waals surface area contributed by atoms with Crippen LogP contribution in [0.1, 0.15) is 50.1 Å². The van der Waals surface area contributed by atoms with Crippen LogP contribution in [-0.4, -0.2) is 41.7 Å². The Morgan fingerprint density at radius 1 is 1.10 bits per heavy atom. The highest BCUT2D eigenvalue weighted by atomic mass is 32.1. The first-order chi connectivity index (χ1) is 14.2. The van der Waals surface area contributed by atoms with Crippen LogP contribution in [0.2, 0.25) is 0 Å². The molecule has 1 aromatic carbocycles. The lowest BCUT2D eigenvalue weighted by Crippen LogP contribution is -2.36. The zero-order chi connectivity index (χ0) is 22.2. The lowest BCUT2D eigenvalue weighted by molar-refractivity contribution is -0.138. The number of hydrogen-bond acceptors (Lipinski definition) is 7. The molecule has 1 unspecified atom stereocenters. The molecular formula is C20H28F3N3O3S. The van der Waals surface area contributed by atoms with Crippen LogP contribution in [0.25, 0.3) is 10.6 Å². The summed E-state index contributed by atoms with van der Waals surface area (Å²) < 4.78 is 51.5. The van der Waals surface area contributed by atoms with Crippen molar-refractivity contribution in [3.63, 3.8) is 0 Å². The Hall–Kier alpha value is -1.75. The number of unbranched alkanes of at least 4 members (excludes halogenated alkanes) is 2. The summed E-state index contributed by atoms with van der Waals surface area (Å²) in [7, 11) is 0. The van der Waals surface area contributed by atoms with Crippen LogP contribution >= 0.6 is 11.3 Å². The normalized spacial score (nSPS) is 14.0. The first-order valence-corrected chi connectivity index (χ1v) is 10.7. The molecule has 1 atom stereocenters. The van der Waals surface area contributed by atoms with Crippen molar-refractivity contribution in [1.82, 2.24) is 10.2 Å². The molecule has 6 nitrogen and oxygen atoms in total. The summed E-state index contributed by atoms with van der Waals surface area (Å²) in [6.45, 7) is 4.82. The number of benzene rings is 1. The SMILES string of the molecule is CCCOCCCCCOc1ccc(-c2nnc(C(C)(N)CO)s2)cc1C(F)(F)F. The summed E-state index contributed by atoms with van der Waals surface area (Å²) in [5.41, 5.74) is 4.22. The lowest BCUT2D eigenvalue weighted by Gasteiger charge is -2.17. The molecule has 0 radical (unpaired) electrons. The molecule has 2 aromatic rings. The van der Waals surface area contributed by atoms with E-state index in [0.29, 0.717) is 23.0 Å². The fraction of sp³-hybridized carbons (Fsp3) is 0.600. The van der Waals surface area contributed by atoms with Crippen LogP contribution < -0.4 is 10.5 Å². The van der Waals surface area contributed by atoms with E-state index >= 15 is 0 Å². The molecule has 0 amide bonds. The number of alkyl halides is 3. The van der Waals surface area contributed by atoms with E-state index in [-0.39, 0.29) is 24.5 Å². The Kier molecular flexibility index (Phi) is 9.02. The molecule has 0 aliphatic carbocycles. The maximum absolute atomic E-state index is 13.6. The molecule has 168 valence electrons. The topological polar surface area (TPSA) is 90.5 Å². The van der Waals surface area contributed by atoms with E-state index in [0.717, 1.165) is 43.3 Å². The lowest BCUT2D eigenvalue weighted by atomic mass is 10.1. The van der Waals surface area contributed by atoms with Crippen molar-refractivity contribution in [2.24, 2.45) is 5.73 Å². The van der Waals surface area contributed by atoms with Crippen LogP contribution in [0.15, 0.2) is 18.2 Å². The molecule has 0 bridgehead atoms. The van der Waals surface area contributed by atoms with Crippen LogP contribution in [0, 0.1) is 0 Å². The van der Waals surface area contributed by atoms with Gasteiger partial charge in [-0.05, 0) is 50.8 Å². The maximum atomic E-state index is 13.6. The first-order valence-electron chi connectivity index (χ1n) is 9.85. The van der Waals surface area contributed by atoms with Crippen LogP contribution in [0.4, 0.5) is 13.2 Å². The smallest absolute Gasteiger partial charge is 0.419 e. The molecule has 2 rings (SSSR count). The van der Waals surface area contributed by atoms with Gasteiger partial charge in [0.25, 0.3) is 0 Å². The van der Waals surface area contributed by atoms with Crippen molar-refractivity contribution in [2.75, 3.05) is 26.4 Å². The average Bonchev–Trinajstić information content (AvgIpc) is 3.20. The Morgan fingerprint density at radius 2 is 1.83 bits per heavy atom. The van der Waals surface area contributed by atoms with E-state index < -0.39 is 17.3 Å². The molecule has 0 saturated heterocycles. The number of hydrogen-bond donors (Lipinski definition) is 2. The van der Waals surface area contributed by atoms with Crippen LogP contribution in [0.3, 0.4) is 0 Å². The predicted molar refractivity (Wildman–Crippen MR) is 109 cm³/mol. The summed E-state index contributed by atoms with van der Waals surface area (Å²) >= 11 is 1.05. The molecular weight excluding hydrogens is 419 g/mol. The Labute approximate surface area is 178 Å². The Bertz CT molecular complexity index is 797. The third kappa shape index (κ3) is 6.90. The van der Waals surface area contributed by atoms with Gasteiger partial charge in [-0.15, -0.1) is 10.2 Å². The standard InChI is InChI=1S/C20H28F3N3O3S/c1-3-9-28-10-5-4-6-11-29-16-8-7-14(12-15(16)20(21,22)23)17-25-26-18(30-17)19(2,24)13-27/h7-8,12,27H,3-6,9-11,13,24H2,1-2H3. The second-order valence-electron chi connectivity index (χ2n) is 7.22. The Balaban J connectivity index is 2.05. The second-order valence-corrected chi connectivity index (χ2v) is 8.20. The molecule has 10 heteroatoms. The van der Waals surface area contributed by atoms with Gasteiger partial charge in [0, 0.05) is 18.8 Å². The minimum atomic E-state index is -4.57. The van der Waals surface area contributed by atoms with Crippen molar-refractivity contribution >= 4 is 11.3 Å². The van der Waals surface area contributed by atoms with Gasteiger partial charge in [0.15, 0.2) is 0 Å². The molecule has 1 aromatic heterocycles. The van der Waals surface area contributed by atoms with Crippen LogP contribution in [0.5, 0.6) is 5.75 Å². The molecule has 0 spiro atoms. The number of aliphatic hydroxyl groups excluding tert-OH is 1. The minimum Gasteiger partial charge on any atom is -0.493 e. The van der Waals surface area contributed by atoms with Crippen molar-refractivity contribution in [1.29, 1.82) is 0 Å². The molecule has 0 aliphatic rings. The molecule has 0 aliphatic heterocycles. The monoisotopic (exact) mass is 447 g/mol. The van der Waals surface area contributed by atoms with Gasteiger partial charge in [-0.2, -0.15) is 13.2 Å². The maximum Gasteiger partial charge on any atom is 0.419 e. The van der Waals surface area contributed by atoms with E-state index in [1.165, 1.54) is 12.1 Å². The van der Waals surface area contributed by atoms with Crippen molar-refractivity contribution in [2.45, 2.75) is 51.2 Å². The molecule has 3 N–H and O–H groups in total. The number of rotatable bonds is 12. The number of ether oxygens (including phenoxy) is 2. The molecule has 0 fully saturated rings. The van der Waals surface area contributed by atoms with Gasteiger partial charge in [-0.3, -0.25) is 0 Å². The van der Waals surface area contributed by atoms with Gasteiger partial charge >= 0.3 is 6.18 Å². The van der Waals surface area contributed by atoms with Gasteiger partial charge in [0.2, 0.25) is 0 Å². The van der Waals surface area contributed by atoms with Gasteiger partial charge in [0.1, 0.15) is 15.8 Å². The summed E-state index contributed by atoms with van der Waals surface area (Å²) in [4.78, 5) is 0.